The largest absolute Gasteiger partial charge is 0.368 e. The third-order valence-corrected chi connectivity index (χ3v) is 6.80. The van der Waals surface area contributed by atoms with Gasteiger partial charge in [-0.25, -0.2) is 9.78 Å². The molecule has 0 unspecified atom stereocenters. The number of anilines is 5. The highest BCUT2D eigenvalue weighted by Gasteiger charge is 2.38. The van der Waals surface area contributed by atoms with Gasteiger partial charge in [0.25, 0.3) is 0 Å². The lowest BCUT2D eigenvalue weighted by atomic mass is 10.2. The highest BCUT2D eigenvalue weighted by Crippen LogP contribution is 2.36. The van der Waals surface area contributed by atoms with E-state index in [1.807, 2.05) is 28.0 Å². The van der Waals surface area contributed by atoms with Gasteiger partial charge in [0.1, 0.15) is 5.82 Å². The van der Waals surface area contributed by atoms with E-state index in [2.05, 4.69) is 32.1 Å². The smallest absolute Gasteiger partial charge is 0.325 e. The van der Waals surface area contributed by atoms with Gasteiger partial charge in [0.05, 0.1) is 17.9 Å². The Kier molecular flexibility index (Phi) is 6.21. The van der Waals surface area contributed by atoms with Gasteiger partial charge < -0.3 is 25.3 Å². The van der Waals surface area contributed by atoms with Crippen LogP contribution in [0.4, 0.5) is 33.6 Å². The van der Waals surface area contributed by atoms with Crippen molar-refractivity contribution in [3.63, 3.8) is 0 Å². The first-order chi connectivity index (χ1) is 17.3. The number of amides is 4. The third kappa shape index (κ3) is 4.68. The summed E-state index contributed by atoms with van der Waals surface area (Å²) in [5.74, 6) is 0.635. The Bertz CT molecular complexity index is 1220. The van der Waals surface area contributed by atoms with Crippen molar-refractivity contribution in [3.05, 3.63) is 42.6 Å². The predicted octanol–water partition coefficient (Wildman–Crippen LogP) is 2.55. The van der Waals surface area contributed by atoms with E-state index in [-0.39, 0.29) is 17.8 Å². The van der Waals surface area contributed by atoms with E-state index in [4.69, 9.17) is 0 Å². The molecule has 2 aromatic rings. The number of aromatic nitrogens is 2. The number of urea groups is 1. The second-order valence-corrected chi connectivity index (χ2v) is 9.28. The molecule has 11 nitrogen and oxygen atoms in total. The van der Waals surface area contributed by atoms with Crippen LogP contribution in [0.5, 0.6) is 0 Å². The Morgan fingerprint density at radius 3 is 2.56 bits per heavy atom. The molecule has 11 heteroatoms. The van der Waals surface area contributed by atoms with E-state index in [1.54, 1.807) is 25.1 Å². The molecule has 2 aliphatic heterocycles. The van der Waals surface area contributed by atoms with Crippen molar-refractivity contribution in [1.29, 1.82) is 0 Å². The minimum Gasteiger partial charge on any atom is -0.368 e. The van der Waals surface area contributed by atoms with Gasteiger partial charge in [-0.15, -0.1) is 0 Å². The molecule has 0 spiro atoms. The lowest BCUT2D eigenvalue weighted by Gasteiger charge is -2.36. The fourth-order valence-corrected chi connectivity index (χ4v) is 4.59. The van der Waals surface area contributed by atoms with Crippen LogP contribution in [0.15, 0.2) is 37.1 Å². The average molecular weight is 491 g/mol. The van der Waals surface area contributed by atoms with Gasteiger partial charge in [0.2, 0.25) is 17.8 Å². The predicted molar refractivity (Wildman–Crippen MR) is 137 cm³/mol. The van der Waals surface area contributed by atoms with Crippen molar-refractivity contribution in [1.82, 2.24) is 19.8 Å². The van der Waals surface area contributed by atoms with Crippen LogP contribution in [-0.4, -0.2) is 76.9 Å². The quantitative estimate of drug-likeness (QED) is 0.598. The summed E-state index contributed by atoms with van der Waals surface area (Å²) in [5.41, 5.74) is 2.99. The molecule has 4 amide bonds. The number of hydrogen-bond acceptors (Lipinski definition) is 7. The fourth-order valence-electron chi connectivity index (χ4n) is 4.59. The third-order valence-electron chi connectivity index (χ3n) is 6.80. The van der Waals surface area contributed by atoms with Crippen molar-refractivity contribution in [3.8, 4) is 0 Å². The lowest BCUT2D eigenvalue weighted by molar-refractivity contribution is -0.129. The maximum absolute atomic E-state index is 12.8. The zero-order chi connectivity index (χ0) is 25.4. The molecule has 0 atom stereocenters. The Balaban J connectivity index is 1.38. The standard InChI is InChI=1S/C25H30N8O3/c1-4-22(35)27-21-13-19(32-11-9-31(10-12-32)16(2)34)7-8-20(21)28-24-26-14-17-15-33(18-5-6-18)25(36)30(3)23(17)29-24/h4,7-8,13-14,18H,1,5-6,9-12,15H2,2-3H3,(H,27,35)(H,26,28,29). The van der Waals surface area contributed by atoms with Crippen LogP contribution < -0.4 is 20.4 Å². The molecule has 0 radical (unpaired) electrons. The first-order valence-corrected chi connectivity index (χ1v) is 12.1. The number of hydrogen-bond donors (Lipinski definition) is 2. The van der Waals surface area contributed by atoms with Gasteiger partial charge in [-0.2, -0.15) is 4.98 Å². The molecular weight excluding hydrogens is 460 g/mol. The van der Waals surface area contributed by atoms with Gasteiger partial charge in [-0.05, 0) is 37.1 Å². The summed E-state index contributed by atoms with van der Waals surface area (Å²) in [7, 11) is 1.73. The molecule has 1 saturated carbocycles. The monoisotopic (exact) mass is 490 g/mol. The average Bonchev–Trinajstić information content (AvgIpc) is 3.73. The molecule has 2 fully saturated rings. The van der Waals surface area contributed by atoms with Crippen LogP contribution in [0.1, 0.15) is 25.3 Å². The maximum Gasteiger partial charge on any atom is 0.325 e. The second kappa shape index (κ2) is 9.48. The number of fused-ring (bicyclic) bond motifs is 1. The maximum atomic E-state index is 12.8. The minimum atomic E-state index is -0.339. The second-order valence-electron chi connectivity index (χ2n) is 9.28. The van der Waals surface area contributed by atoms with Crippen LogP contribution in [0.25, 0.3) is 0 Å². The summed E-state index contributed by atoms with van der Waals surface area (Å²) >= 11 is 0. The summed E-state index contributed by atoms with van der Waals surface area (Å²) in [6, 6.07) is 5.96. The van der Waals surface area contributed by atoms with Gasteiger partial charge >= 0.3 is 6.03 Å². The molecular formula is C25H30N8O3. The molecule has 0 bridgehead atoms. The molecule has 3 heterocycles. The fraction of sp³-hybridized carbons (Fsp3) is 0.400. The number of carbonyl (C=O) groups is 3. The summed E-state index contributed by atoms with van der Waals surface area (Å²) < 4.78 is 0. The lowest BCUT2D eigenvalue weighted by Crippen LogP contribution is -2.48. The minimum absolute atomic E-state index is 0.0530. The van der Waals surface area contributed by atoms with Crippen molar-refractivity contribution in [2.75, 3.05) is 53.7 Å². The van der Waals surface area contributed by atoms with E-state index in [9.17, 15) is 14.4 Å². The number of nitrogens with zero attached hydrogens (tertiary/aromatic N) is 6. The van der Waals surface area contributed by atoms with Gasteiger partial charge in [0, 0.05) is 63.6 Å². The molecule has 1 aromatic heterocycles. The van der Waals surface area contributed by atoms with E-state index >= 15 is 0 Å². The number of benzene rings is 1. The van der Waals surface area contributed by atoms with Crippen molar-refractivity contribution >= 4 is 46.7 Å². The molecule has 188 valence electrons. The number of rotatable bonds is 6. The van der Waals surface area contributed by atoms with Crippen molar-refractivity contribution in [2.45, 2.75) is 32.4 Å². The van der Waals surface area contributed by atoms with Crippen molar-refractivity contribution in [2.24, 2.45) is 0 Å². The molecule has 3 aliphatic rings. The van der Waals surface area contributed by atoms with E-state index < -0.39 is 0 Å². The zero-order valence-corrected chi connectivity index (χ0v) is 20.5. The van der Waals surface area contributed by atoms with Gasteiger partial charge in [0.15, 0.2) is 0 Å². The van der Waals surface area contributed by atoms with Crippen LogP contribution in [0.3, 0.4) is 0 Å². The Hall–Kier alpha value is -4.15. The first kappa shape index (κ1) is 23.6. The first-order valence-electron chi connectivity index (χ1n) is 12.1. The van der Waals surface area contributed by atoms with E-state index in [1.165, 1.54) is 6.08 Å². The number of piperazine rings is 1. The van der Waals surface area contributed by atoms with Gasteiger partial charge in [-0.1, -0.05) is 6.58 Å². The summed E-state index contributed by atoms with van der Waals surface area (Å²) in [4.78, 5) is 53.1. The highest BCUT2D eigenvalue weighted by molar-refractivity contribution is 6.02. The summed E-state index contributed by atoms with van der Waals surface area (Å²) in [6.07, 6.45) is 5.03. The Morgan fingerprint density at radius 2 is 1.89 bits per heavy atom. The molecule has 1 saturated heterocycles. The van der Waals surface area contributed by atoms with E-state index in [0.29, 0.717) is 61.9 Å². The summed E-state index contributed by atoms with van der Waals surface area (Å²) in [5, 5.41) is 6.04. The van der Waals surface area contributed by atoms with E-state index in [0.717, 1.165) is 24.1 Å². The Morgan fingerprint density at radius 1 is 1.14 bits per heavy atom. The normalized spacial score (nSPS) is 17.6. The SMILES string of the molecule is C=CC(=O)Nc1cc(N2CCN(C(C)=O)CC2)ccc1Nc1ncc2c(n1)N(C)C(=O)N(C1CC1)C2. The number of carbonyl (C=O) groups excluding carboxylic acids is 3. The summed E-state index contributed by atoms with van der Waals surface area (Å²) in [6.45, 7) is 8.34. The molecule has 1 aromatic carbocycles. The van der Waals surface area contributed by atoms with Crippen LogP contribution in [-0.2, 0) is 16.1 Å². The topological polar surface area (TPSA) is 114 Å². The highest BCUT2D eigenvalue weighted by atomic mass is 16.2. The zero-order valence-electron chi connectivity index (χ0n) is 20.5. The molecule has 36 heavy (non-hydrogen) atoms. The van der Waals surface area contributed by atoms with Crippen LogP contribution >= 0.6 is 0 Å². The van der Waals surface area contributed by atoms with Crippen LogP contribution in [0, 0.1) is 0 Å². The molecule has 5 rings (SSSR count). The van der Waals surface area contributed by atoms with Crippen molar-refractivity contribution < 1.29 is 14.4 Å². The van der Waals surface area contributed by atoms with Crippen LogP contribution in [0.2, 0.25) is 0 Å². The Labute approximate surface area is 209 Å². The molecule has 2 N–H and O–H groups in total. The molecule has 1 aliphatic carbocycles. The number of nitrogens with one attached hydrogen (secondary N) is 2. The van der Waals surface area contributed by atoms with Gasteiger partial charge in [-0.3, -0.25) is 14.5 Å².